The number of nitrogens with zero attached hydrogens (tertiary/aromatic N) is 2. The fourth-order valence-corrected chi connectivity index (χ4v) is 2.22. The Morgan fingerprint density at radius 2 is 2.00 bits per heavy atom. The molecule has 110 valence electrons. The van der Waals surface area contributed by atoms with E-state index in [4.69, 9.17) is 5.73 Å². The Hall–Kier alpha value is -1.66. The Labute approximate surface area is 123 Å². The van der Waals surface area contributed by atoms with Gasteiger partial charge < -0.3 is 10.6 Å². The summed E-state index contributed by atoms with van der Waals surface area (Å²) in [7, 11) is 0. The number of carbonyl (C=O) groups excluding carboxylic acids is 1. The van der Waals surface area contributed by atoms with Crippen LogP contribution >= 0.6 is 12.4 Å². The van der Waals surface area contributed by atoms with E-state index in [0.29, 0.717) is 24.2 Å². The minimum absolute atomic E-state index is 0. The van der Waals surface area contributed by atoms with Gasteiger partial charge in [-0.05, 0) is 25.8 Å². The predicted molar refractivity (Wildman–Crippen MR) is 78.2 cm³/mol. The van der Waals surface area contributed by atoms with E-state index in [2.05, 4.69) is 0 Å². The van der Waals surface area contributed by atoms with Crippen molar-refractivity contribution in [3.8, 4) is 0 Å². The maximum Gasteiger partial charge on any atom is 0.273 e. The molecule has 7 heteroatoms. The summed E-state index contributed by atoms with van der Waals surface area (Å²) in [5.74, 6) is -0.157. The molecule has 1 aliphatic rings. The van der Waals surface area contributed by atoms with Crippen molar-refractivity contribution in [1.29, 1.82) is 0 Å². The number of nitro groups is 1. The Balaban J connectivity index is 0.00000200. The first-order valence-corrected chi connectivity index (χ1v) is 6.29. The number of piperidine rings is 1. The molecule has 0 saturated carbocycles. The van der Waals surface area contributed by atoms with E-state index in [1.165, 1.54) is 6.07 Å². The van der Waals surface area contributed by atoms with Crippen LogP contribution in [0.4, 0.5) is 5.69 Å². The average molecular weight is 300 g/mol. The van der Waals surface area contributed by atoms with Crippen LogP contribution in [-0.2, 0) is 0 Å². The molecule has 0 radical (unpaired) electrons. The van der Waals surface area contributed by atoms with E-state index in [-0.39, 0.29) is 30.0 Å². The molecule has 1 fully saturated rings. The number of hydrogen-bond acceptors (Lipinski definition) is 4. The molecule has 2 rings (SSSR count). The van der Waals surface area contributed by atoms with Gasteiger partial charge in [-0.3, -0.25) is 14.9 Å². The summed E-state index contributed by atoms with van der Waals surface area (Å²) in [6.07, 6.45) is 1.55. The minimum Gasteiger partial charge on any atom is -0.339 e. The van der Waals surface area contributed by atoms with E-state index in [0.717, 1.165) is 12.8 Å². The summed E-state index contributed by atoms with van der Waals surface area (Å²) in [6, 6.07) is 4.75. The lowest BCUT2D eigenvalue weighted by atomic mass is 10.0. The van der Waals surface area contributed by atoms with Gasteiger partial charge in [0.25, 0.3) is 11.6 Å². The zero-order valence-corrected chi connectivity index (χ0v) is 12.1. The number of benzene rings is 1. The van der Waals surface area contributed by atoms with Crippen molar-refractivity contribution < 1.29 is 9.72 Å². The SMILES string of the molecule is Cc1ccc(C(=O)N2CCC(N)CC2)cc1[N+](=O)[O-].Cl. The zero-order chi connectivity index (χ0) is 14.0. The average Bonchev–Trinajstić information content (AvgIpc) is 2.39. The van der Waals surface area contributed by atoms with Gasteiger partial charge in [-0.1, -0.05) is 6.07 Å². The molecular weight excluding hydrogens is 282 g/mol. The summed E-state index contributed by atoms with van der Waals surface area (Å²) in [5, 5.41) is 10.9. The summed E-state index contributed by atoms with van der Waals surface area (Å²) < 4.78 is 0. The first-order chi connectivity index (χ1) is 8.99. The molecule has 1 heterocycles. The topological polar surface area (TPSA) is 89.5 Å². The maximum atomic E-state index is 12.3. The van der Waals surface area contributed by atoms with Gasteiger partial charge >= 0.3 is 0 Å². The highest BCUT2D eigenvalue weighted by Crippen LogP contribution is 2.21. The lowest BCUT2D eigenvalue weighted by molar-refractivity contribution is -0.385. The van der Waals surface area contributed by atoms with Crippen molar-refractivity contribution in [2.45, 2.75) is 25.8 Å². The number of halogens is 1. The van der Waals surface area contributed by atoms with Crippen molar-refractivity contribution in [1.82, 2.24) is 4.90 Å². The second kappa shape index (κ2) is 6.67. The maximum absolute atomic E-state index is 12.3. The molecule has 1 aromatic rings. The third-order valence-electron chi connectivity index (χ3n) is 3.48. The van der Waals surface area contributed by atoms with Crippen molar-refractivity contribution in [3.63, 3.8) is 0 Å². The number of aryl methyl sites for hydroxylation is 1. The van der Waals surface area contributed by atoms with E-state index in [1.54, 1.807) is 24.0 Å². The molecule has 0 bridgehead atoms. The largest absolute Gasteiger partial charge is 0.339 e. The van der Waals surface area contributed by atoms with Gasteiger partial charge in [-0.2, -0.15) is 0 Å². The van der Waals surface area contributed by atoms with E-state index in [1.807, 2.05) is 0 Å². The molecular formula is C13H18ClN3O3. The number of nitrogens with two attached hydrogens (primary N) is 1. The zero-order valence-electron chi connectivity index (χ0n) is 11.2. The molecule has 2 N–H and O–H groups in total. The van der Waals surface area contributed by atoms with Gasteiger partial charge in [0.1, 0.15) is 0 Å². The molecule has 1 aromatic carbocycles. The van der Waals surface area contributed by atoms with Crippen LogP contribution in [0.15, 0.2) is 18.2 Å². The quantitative estimate of drug-likeness (QED) is 0.667. The summed E-state index contributed by atoms with van der Waals surface area (Å²) in [5.41, 5.74) is 6.70. The molecule has 1 saturated heterocycles. The van der Waals surface area contributed by atoms with Gasteiger partial charge in [0, 0.05) is 36.3 Å². The molecule has 0 atom stereocenters. The first-order valence-electron chi connectivity index (χ1n) is 6.29. The van der Waals surface area contributed by atoms with Crippen molar-refractivity contribution >= 4 is 24.0 Å². The predicted octanol–water partition coefficient (Wildman–Crippen LogP) is 1.89. The molecule has 20 heavy (non-hydrogen) atoms. The number of hydrogen-bond donors (Lipinski definition) is 1. The smallest absolute Gasteiger partial charge is 0.273 e. The molecule has 6 nitrogen and oxygen atoms in total. The molecule has 1 amide bonds. The molecule has 0 aromatic heterocycles. The summed E-state index contributed by atoms with van der Waals surface area (Å²) in [6.45, 7) is 2.88. The highest BCUT2D eigenvalue weighted by Gasteiger charge is 2.23. The standard InChI is InChI=1S/C13H17N3O3.ClH/c1-9-2-3-10(8-12(9)16(18)19)13(17)15-6-4-11(14)5-7-15;/h2-3,8,11H,4-7,14H2,1H3;1H. The van der Waals surface area contributed by atoms with Crippen molar-refractivity contribution in [3.05, 3.63) is 39.4 Å². The van der Waals surface area contributed by atoms with Crippen LogP contribution in [0.25, 0.3) is 0 Å². The van der Waals surface area contributed by atoms with Gasteiger partial charge in [0.15, 0.2) is 0 Å². The second-order valence-corrected chi connectivity index (χ2v) is 4.89. The minimum atomic E-state index is -0.460. The lowest BCUT2D eigenvalue weighted by Gasteiger charge is -2.30. The van der Waals surface area contributed by atoms with Crippen LogP contribution < -0.4 is 5.73 Å². The summed E-state index contributed by atoms with van der Waals surface area (Å²) in [4.78, 5) is 24.4. The van der Waals surface area contributed by atoms with Crippen LogP contribution in [0.2, 0.25) is 0 Å². The van der Waals surface area contributed by atoms with Gasteiger partial charge in [0.2, 0.25) is 0 Å². The fourth-order valence-electron chi connectivity index (χ4n) is 2.22. The van der Waals surface area contributed by atoms with E-state index >= 15 is 0 Å². The van der Waals surface area contributed by atoms with Crippen LogP contribution in [-0.4, -0.2) is 34.9 Å². The number of amides is 1. The fraction of sp³-hybridized carbons (Fsp3) is 0.462. The molecule has 0 unspecified atom stereocenters. The van der Waals surface area contributed by atoms with E-state index < -0.39 is 4.92 Å². The normalized spacial score (nSPS) is 15.6. The number of nitro benzene ring substituents is 1. The van der Waals surface area contributed by atoms with Crippen LogP contribution in [0.1, 0.15) is 28.8 Å². The van der Waals surface area contributed by atoms with Gasteiger partial charge in [-0.15, -0.1) is 12.4 Å². The highest BCUT2D eigenvalue weighted by molar-refractivity contribution is 5.95. The third kappa shape index (κ3) is 3.46. The molecule has 0 spiro atoms. The Bertz CT molecular complexity index is 514. The van der Waals surface area contributed by atoms with Crippen LogP contribution in [0.3, 0.4) is 0 Å². The van der Waals surface area contributed by atoms with Crippen LogP contribution in [0, 0.1) is 17.0 Å². The van der Waals surface area contributed by atoms with E-state index in [9.17, 15) is 14.9 Å². The van der Waals surface area contributed by atoms with Crippen LogP contribution in [0.5, 0.6) is 0 Å². The Kier molecular flexibility index (Phi) is 5.47. The third-order valence-corrected chi connectivity index (χ3v) is 3.48. The lowest BCUT2D eigenvalue weighted by Crippen LogP contribution is -2.42. The highest BCUT2D eigenvalue weighted by atomic mass is 35.5. The van der Waals surface area contributed by atoms with Gasteiger partial charge in [0.05, 0.1) is 4.92 Å². The number of carbonyl (C=O) groups is 1. The molecule has 0 aliphatic carbocycles. The second-order valence-electron chi connectivity index (χ2n) is 4.89. The van der Waals surface area contributed by atoms with Gasteiger partial charge in [-0.25, -0.2) is 0 Å². The summed E-state index contributed by atoms with van der Waals surface area (Å²) >= 11 is 0. The van der Waals surface area contributed by atoms with Crippen molar-refractivity contribution in [2.75, 3.05) is 13.1 Å². The van der Waals surface area contributed by atoms with Crippen molar-refractivity contribution in [2.24, 2.45) is 5.73 Å². The Morgan fingerprint density at radius 1 is 1.40 bits per heavy atom. The molecule has 1 aliphatic heterocycles. The monoisotopic (exact) mass is 299 g/mol. The number of likely N-dealkylation sites (tertiary alicyclic amines) is 1. The Morgan fingerprint density at radius 3 is 2.55 bits per heavy atom. The number of rotatable bonds is 2. The first kappa shape index (κ1) is 16.4.